The highest BCUT2D eigenvalue weighted by Gasteiger charge is 2.37. The summed E-state index contributed by atoms with van der Waals surface area (Å²) in [6, 6.07) is 2.15. The quantitative estimate of drug-likeness (QED) is 0.872. The molecular formula is C15H20ClN5O. The third-order valence-electron chi connectivity index (χ3n) is 4.23. The number of piperidine rings is 1. The molecule has 0 bridgehead atoms. The Morgan fingerprint density at radius 1 is 1.41 bits per heavy atom. The van der Waals surface area contributed by atoms with E-state index in [9.17, 15) is 4.79 Å². The summed E-state index contributed by atoms with van der Waals surface area (Å²) in [6.45, 7) is 5.19. The van der Waals surface area contributed by atoms with E-state index in [0.29, 0.717) is 11.6 Å². The molecule has 0 N–H and O–H groups in total. The summed E-state index contributed by atoms with van der Waals surface area (Å²) in [5.74, 6) is 0.0594. The van der Waals surface area contributed by atoms with Crippen LogP contribution in [0.1, 0.15) is 32.7 Å². The van der Waals surface area contributed by atoms with Gasteiger partial charge in [0.05, 0.1) is 17.3 Å². The van der Waals surface area contributed by atoms with E-state index in [4.69, 9.17) is 11.6 Å². The fourth-order valence-corrected chi connectivity index (χ4v) is 3.08. The van der Waals surface area contributed by atoms with E-state index >= 15 is 0 Å². The predicted molar refractivity (Wildman–Crippen MR) is 83.6 cm³/mol. The van der Waals surface area contributed by atoms with Crippen LogP contribution in [0.25, 0.3) is 0 Å². The minimum Gasteiger partial charge on any atom is -0.338 e. The van der Waals surface area contributed by atoms with Crippen LogP contribution in [-0.2, 0) is 10.3 Å². The van der Waals surface area contributed by atoms with Crippen molar-refractivity contribution in [3.63, 3.8) is 0 Å². The molecule has 0 aromatic carbocycles. The standard InChI is InChI=1S/C15H20ClN5O/c1-15(2,21-10-12(16)9-18-21)14(22)19-7-3-5-13(11-19)20-8-4-6-17-20/h4,6,8-10,13H,3,5,7,11H2,1-2H3. The van der Waals surface area contributed by atoms with Gasteiger partial charge in [-0.15, -0.1) is 0 Å². The second-order valence-corrected chi connectivity index (χ2v) is 6.63. The van der Waals surface area contributed by atoms with E-state index in [-0.39, 0.29) is 11.9 Å². The summed E-state index contributed by atoms with van der Waals surface area (Å²) in [5.41, 5.74) is -0.751. The molecule has 0 spiro atoms. The first kappa shape index (κ1) is 15.1. The molecule has 3 heterocycles. The molecule has 1 saturated heterocycles. The summed E-state index contributed by atoms with van der Waals surface area (Å²) in [4.78, 5) is 14.8. The van der Waals surface area contributed by atoms with Gasteiger partial charge < -0.3 is 4.90 Å². The van der Waals surface area contributed by atoms with Crippen LogP contribution in [0.4, 0.5) is 0 Å². The molecule has 7 heteroatoms. The van der Waals surface area contributed by atoms with Gasteiger partial charge in [-0.25, -0.2) is 0 Å². The summed E-state index contributed by atoms with van der Waals surface area (Å²) in [6.07, 6.45) is 8.99. The second kappa shape index (κ2) is 5.76. The SMILES string of the molecule is CC(C)(C(=O)N1CCCC(n2cccn2)C1)n1cc(Cl)cn1. The number of hydrogen-bond donors (Lipinski definition) is 0. The zero-order chi connectivity index (χ0) is 15.7. The smallest absolute Gasteiger partial charge is 0.250 e. The highest BCUT2D eigenvalue weighted by atomic mass is 35.5. The average Bonchev–Trinajstić information content (AvgIpc) is 3.18. The zero-order valence-electron chi connectivity index (χ0n) is 12.8. The molecular weight excluding hydrogens is 302 g/mol. The maximum atomic E-state index is 12.9. The Morgan fingerprint density at radius 3 is 2.86 bits per heavy atom. The fraction of sp³-hybridized carbons (Fsp3) is 0.533. The van der Waals surface area contributed by atoms with Crippen LogP contribution >= 0.6 is 11.6 Å². The lowest BCUT2D eigenvalue weighted by Crippen LogP contribution is -2.50. The van der Waals surface area contributed by atoms with Crippen LogP contribution in [0.3, 0.4) is 0 Å². The number of rotatable bonds is 3. The lowest BCUT2D eigenvalue weighted by atomic mass is 9.99. The van der Waals surface area contributed by atoms with Gasteiger partial charge in [0.25, 0.3) is 0 Å². The van der Waals surface area contributed by atoms with Crippen molar-refractivity contribution in [2.24, 2.45) is 0 Å². The summed E-state index contributed by atoms with van der Waals surface area (Å²) in [7, 11) is 0. The first-order chi connectivity index (χ1) is 10.5. The van der Waals surface area contributed by atoms with Crippen LogP contribution in [0.5, 0.6) is 0 Å². The minimum atomic E-state index is -0.751. The topological polar surface area (TPSA) is 56.0 Å². The van der Waals surface area contributed by atoms with Gasteiger partial charge >= 0.3 is 0 Å². The van der Waals surface area contributed by atoms with Crippen LogP contribution in [-0.4, -0.2) is 43.5 Å². The Balaban J connectivity index is 1.76. The second-order valence-electron chi connectivity index (χ2n) is 6.20. The highest BCUT2D eigenvalue weighted by molar-refractivity contribution is 6.30. The van der Waals surface area contributed by atoms with Gasteiger partial charge in [0.1, 0.15) is 5.54 Å². The van der Waals surface area contributed by atoms with E-state index in [1.165, 1.54) is 0 Å². The summed E-state index contributed by atoms with van der Waals surface area (Å²) < 4.78 is 3.58. The Bertz CT molecular complexity index is 649. The lowest BCUT2D eigenvalue weighted by molar-refractivity contribution is -0.141. The van der Waals surface area contributed by atoms with Crippen molar-refractivity contribution in [3.8, 4) is 0 Å². The van der Waals surface area contributed by atoms with Gasteiger partial charge in [-0.1, -0.05) is 11.6 Å². The maximum absolute atomic E-state index is 12.9. The van der Waals surface area contributed by atoms with Crippen molar-refractivity contribution in [1.82, 2.24) is 24.5 Å². The molecule has 1 unspecified atom stereocenters. The maximum Gasteiger partial charge on any atom is 0.250 e. The third kappa shape index (κ3) is 2.75. The number of halogens is 1. The first-order valence-electron chi connectivity index (χ1n) is 7.47. The molecule has 2 aromatic rings. The Hall–Kier alpha value is -1.82. The molecule has 1 aliphatic rings. The van der Waals surface area contributed by atoms with Gasteiger partial charge in [-0.3, -0.25) is 14.2 Å². The van der Waals surface area contributed by atoms with E-state index in [1.54, 1.807) is 23.3 Å². The molecule has 1 amide bonds. The van der Waals surface area contributed by atoms with Crippen molar-refractivity contribution in [3.05, 3.63) is 35.9 Å². The normalized spacial score (nSPS) is 19.4. The van der Waals surface area contributed by atoms with E-state index in [0.717, 1.165) is 19.4 Å². The fourth-order valence-electron chi connectivity index (χ4n) is 2.94. The molecule has 3 rings (SSSR count). The van der Waals surface area contributed by atoms with E-state index in [2.05, 4.69) is 10.2 Å². The number of amides is 1. The van der Waals surface area contributed by atoms with Gasteiger partial charge in [0.15, 0.2) is 0 Å². The third-order valence-corrected chi connectivity index (χ3v) is 4.43. The molecule has 1 atom stereocenters. The first-order valence-corrected chi connectivity index (χ1v) is 7.85. The molecule has 6 nitrogen and oxygen atoms in total. The molecule has 1 fully saturated rings. The van der Waals surface area contributed by atoms with Crippen molar-refractivity contribution in [2.75, 3.05) is 13.1 Å². The average molecular weight is 322 g/mol. The van der Waals surface area contributed by atoms with Crippen molar-refractivity contribution < 1.29 is 4.79 Å². The molecule has 22 heavy (non-hydrogen) atoms. The Labute approximate surface area is 134 Å². The van der Waals surface area contributed by atoms with Crippen LogP contribution in [0.15, 0.2) is 30.9 Å². The summed E-state index contributed by atoms with van der Waals surface area (Å²) >= 11 is 5.93. The number of likely N-dealkylation sites (tertiary alicyclic amines) is 1. The zero-order valence-corrected chi connectivity index (χ0v) is 13.6. The Morgan fingerprint density at radius 2 is 2.23 bits per heavy atom. The number of aromatic nitrogens is 4. The molecule has 0 radical (unpaired) electrons. The van der Waals surface area contributed by atoms with Crippen molar-refractivity contribution in [1.29, 1.82) is 0 Å². The largest absolute Gasteiger partial charge is 0.338 e. The van der Waals surface area contributed by atoms with Gasteiger partial charge in [0.2, 0.25) is 5.91 Å². The highest BCUT2D eigenvalue weighted by Crippen LogP contribution is 2.26. The van der Waals surface area contributed by atoms with Gasteiger partial charge in [-0.05, 0) is 32.8 Å². The number of nitrogens with zero attached hydrogens (tertiary/aromatic N) is 5. The van der Waals surface area contributed by atoms with Gasteiger partial charge in [0, 0.05) is 31.7 Å². The van der Waals surface area contributed by atoms with E-state index in [1.807, 2.05) is 35.7 Å². The number of hydrogen-bond acceptors (Lipinski definition) is 3. The monoisotopic (exact) mass is 321 g/mol. The molecule has 0 saturated carbocycles. The predicted octanol–water partition coefficient (Wildman–Crippen LogP) is 2.33. The summed E-state index contributed by atoms with van der Waals surface area (Å²) in [5, 5.41) is 9.03. The van der Waals surface area contributed by atoms with E-state index < -0.39 is 5.54 Å². The van der Waals surface area contributed by atoms with Crippen molar-refractivity contribution in [2.45, 2.75) is 38.3 Å². The van der Waals surface area contributed by atoms with Crippen LogP contribution < -0.4 is 0 Å². The molecule has 118 valence electrons. The molecule has 1 aliphatic heterocycles. The number of carbonyl (C=O) groups is 1. The van der Waals surface area contributed by atoms with Crippen LogP contribution in [0, 0.1) is 0 Å². The number of carbonyl (C=O) groups excluding carboxylic acids is 1. The molecule has 2 aromatic heterocycles. The molecule has 0 aliphatic carbocycles. The van der Waals surface area contributed by atoms with Gasteiger partial charge in [-0.2, -0.15) is 10.2 Å². The van der Waals surface area contributed by atoms with Crippen LogP contribution in [0.2, 0.25) is 5.02 Å². The lowest BCUT2D eigenvalue weighted by Gasteiger charge is -2.37. The minimum absolute atomic E-state index is 0.0594. The Kier molecular flexibility index (Phi) is 3.95. The van der Waals surface area contributed by atoms with Crippen molar-refractivity contribution >= 4 is 17.5 Å².